The smallest absolute Gasteiger partial charge is 0.252 e. The van der Waals surface area contributed by atoms with Crippen molar-refractivity contribution in [2.45, 2.75) is 44.7 Å². The molecule has 0 radical (unpaired) electrons. The number of nitrogens with zero attached hydrogens (tertiary/aromatic N) is 2. The van der Waals surface area contributed by atoms with Crippen LogP contribution in [0.5, 0.6) is 0 Å². The molecule has 2 aromatic heterocycles. The molecule has 0 bridgehead atoms. The summed E-state index contributed by atoms with van der Waals surface area (Å²) in [5, 5.41) is 6.07. The second-order valence-electron chi connectivity index (χ2n) is 6.59. The van der Waals surface area contributed by atoms with E-state index in [0.717, 1.165) is 37.4 Å². The summed E-state index contributed by atoms with van der Waals surface area (Å²) in [4.78, 5) is 20.1. The minimum Gasteiger partial charge on any atom is -0.365 e. The van der Waals surface area contributed by atoms with Gasteiger partial charge in [0.15, 0.2) is 11.6 Å². The molecular formula is C18H23FN6O. The van der Waals surface area contributed by atoms with E-state index in [1.807, 2.05) is 13.0 Å². The molecule has 1 saturated carbocycles. The Hall–Kier alpha value is -2.74. The fourth-order valence-electron chi connectivity index (χ4n) is 3.07. The second-order valence-corrected chi connectivity index (χ2v) is 6.59. The Bertz CT molecular complexity index is 795. The molecule has 0 aromatic carbocycles. The molecule has 1 amide bonds. The monoisotopic (exact) mass is 358 g/mol. The highest BCUT2D eigenvalue weighted by Crippen LogP contribution is 2.26. The molecule has 0 saturated heterocycles. The van der Waals surface area contributed by atoms with Crippen LogP contribution in [0.25, 0.3) is 0 Å². The number of primary amides is 1. The van der Waals surface area contributed by atoms with E-state index in [1.165, 1.54) is 0 Å². The van der Waals surface area contributed by atoms with Crippen LogP contribution in [0.4, 0.5) is 21.7 Å². The van der Waals surface area contributed by atoms with Gasteiger partial charge in [-0.2, -0.15) is 0 Å². The van der Waals surface area contributed by atoms with E-state index >= 15 is 0 Å². The molecule has 2 aromatic rings. The highest BCUT2D eigenvalue weighted by Gasteiger charge is 2.24. The van der Waals surface area contributed by atoms with Crippen molar-refractivity contribution in [2.75, 3.05) is 10.6 Å². The summed E-state index contributed by atoms with van der Waals surface area (Å²) in [6, 6.07) is 4.59. The number of hydrogen-bond acceptors (Lipinski definition) is 6. The lowest BCUT2D eigenvalue weighted by Gasteiger charge is -2.30. The van der Waals surface area contributed by atoms with E-state index in [2.05, 4.69) is 20.6 Å². The maximum absolute atomic E-state index is 14.5. The van der Waals surface area contributed by atoms with Crippen LogP contribution in [-0.2, 0) is 0 Å². The summed E-state index contributed by atoms with van der Waals surface area (Å²) in [7, 11) is 0. The van der Waals surface area contributed by atoms with E-state index in [1.54, 1.807) is 12.3 Å². The SMILES string of the molecule is Cc1ccc(Nc2nc(N[C@@H]3CCCCC3N)c(F)cc2C(N)=O)cn1. The van der Waals surface area contributed by atoms with Gasteiger partial charge in [-0.15, -0.1) is 0 Å². The molecule has 8 heteroatoms. The summed E-state index contributed by atoms with van der Waals surface area (Å²) in [6.07, 6.45) is 5.45. The molecule has 138 valence electrons. The van der Waals surface area contributed by atoms with Crippen LogP contribution >= 0.6 is 0 Å². The molecule has 6 N–H and O–H groups in total. The number of aromatic nitrogens is 2. The average molecular weight is 358 g/mol. The van der Waals surface area contributed by atoms with Crippen LogP contribution in [0.2, 0.25) is 0 Å². The van der Waals surface area contributed by atoms with Crippen LogP contribution in [0, 0.1) is 12.7 Å². The predicted molar refractivity (Wildman–Crippen MR) is 98.8 cm³/mol. The summed E-state index contributed by atoms with van der Waals surface area (Å²) < 4.78 is 14.5. The first kappa shape index (κ1) is 18.1. The fourth-order valence-corrected chi connectivity index (χ4v) is 3.07. The van der Waals surface area contributed by atoms with Gasteiger partial charge in [0.1, 0.15) is 5.82 Å². The molecule has 2 atom stereocenters. The van der Waals surface area contributed by atoms with Gasteiger partial charge in [-0.3, -0.25) is 9.78 Å². The predicted octanol–water partition coefficient (Wildman–Crippen LogP) is 2.45. The number of nitrogens with two attached hydrogens (primary N) is 2. The largest absolute Gasteiger partial charge is 0.365 e. The molecule has 7 nitrogen and oxygen atoms in total. The highest BCUT2D eigenvalue weighted by molar-refractivity contribution is 5.98. The van der Waals surface area contributed by atoms with E-state index in [0.29, 0.717) is 5.69 Å². The Labute approximate surface area is 151 Å². The zero-order valence-electron chi connectivity index (χ0n) is 14.6. The molecule has 26 heavy (non-hydrogen) atoms. The van der Waals surface area contributed by atoms with Crippen LogP contribution in [0.1, 0.15) is 41.7 Å². The van der Waals surface area contributed by atoms with E-state index in [4.69, 9.17) is 11.5 Å². The second kappa shape index (κ2) is 7.65. The molecule has 1 fully saturated rings. The lowest BCUT2D eigenvalue weighted by molar-refractivity contribution is 0.100. The van der Waals surface area contributed by atoms with Gasteiger partial charge in [-0.1, -0.05) is 12.8 Å². The molecule has 0 aliphatic heterocycles. The van der Waals surface area contributed by atoms with Crippen LogP contribution in [0.15, 0.2) is 24.4 Å². The Morgan fingerprint density at radius 3 is 2.69 bits per heavy atom. The van der Waals surface area contributed by atoms with Crippen molar-refractivity contribution in [1.29, 1.82) is 0 Å². The molecule has 0 spiro atoms. The average Bonchev–Trinajstić information content (AvgIpc) is 2.61. The van der Waals surface area contributed by atoms with Gasteiger partial charge >= 0.3 is 0 Å². The molecule has 3 rings (SSSR count). The molecular weight excluding hydrogens is 335 g/mol. The first-order valence-corrected chi connectivity index (χ1v) is 8.66. The van der Waals surface area contributed by atoms with Crippen molar-refractivity contribution in [3.63, 3.8) is 0 Å². The standard InChI is InChI=1S/C18H23FN6O/c1-10-6-7-11(9-22-10)23-17-12(16(21)26)8-13(19)18(25-17)24-15-5-3-2-4-14(15)20/h6-9,14-15H,2-5,20H2,1H3,(H2,21,26)(H2,23,24,25)/t14?,15-/m1/s1. The Morgan fingerprint density at radius 1 is 1.27 bits per heavy atom. The fraction of sp³-hybridized carbons (Fsp3) is 0.389. The number of pyridine rings is 2. The Morgan fingerprint density at radius 2 is 2.04 bits per heavy atom. The van der Waals surface area contributed by atoms with E-state index in [-0.39, 0.29) is 29.3 Å². The van der Waals surface area contributed by atoms with Crippen molar-refractivity contribution in [1.82, 2.24) is 9.97 Å². The summed E-state index contributed by atoms with van der Waals surface area (Å²) >= 11 is 0. The van der Waals surface area contributed by atoms with Crippen LogP contribution in [-0.4, -0.2) is 28.0 Å². The van der Waals surface area contributed by atoms with Crippen molar-refractivity contribution >= 4 is 23.2 Å². The lowest BCUT2D eigenvalue weighted by atomic mass is 9.91. The number of carbonyl (C=O) groups is 1. The van der Waals surface area contributed by atoms with Gasteiger partial charge in [-0.05, 0) is 38.0 Å². The summed E-state index contributed by atoms with van der Waals surface area (Å²) in [5.74, 6) is -1.17. The van der Waals surface area contributed by atoms with Crippen LogP contribution < -0.4 is 22.1 Å². The molecule has 1 unspecified atom stereocenters. The number of halogens is 1. The third-order valence-electron chi connectivity index (χ3n) is 4.56. The Kier molecular flexibility index (Phi) is 5.32. The van der Waals surface area contributed by atoms with Gasteiger partial charge in [0.2, 0.25) is 0 Å². The first-order valence-electron chi connectivity index (χ1n) is 8.66. The minimum atomic E-state index is -0.764. The van der Waals surface area contributed by atoms with E-state index < -0.39 is 11.7 Å². The maximum Gasteiger partial charge on any atom is 0.252 e. The third-order valence-corrected chi connectivity index (χ3v) is 4.56. The number of carbonyl (C=O) groups excluding carboxylic acids is 1. The van der Waals surface area contributed by atoms with Crippen molar-refractivity contribution in [2.24, 2.45) is 11.5 Å². The number of amides is 1. The zero-order valence-corrected chi connectivity index (χ0v) is 14.6. The van der Waals surface area contributed by atoms with Gasteiger partial charge in [0.05, 0.1) is 17.4 Å². The first-order chi connectivity index (χ1) is 12.4. The van der Waals surface area contributed by atoms with Crippen molar-refractivity contribution < 1.29 is 9.18 Å². The number of anilines is 3. The molecule has 1 aliphatic rings. The van der Waals surface area contributed by atoms with Gasteiger partial charge in [0, 0.05) is 17.8 Å². The van der Waals surface area contributed by atoms with Gasteiger partial charge in [0.25, 0.3) is 5.91 Å². The maximum atomic E-state index is 14.5. The topological polar surface area (TPSA) is 119 Å². The van der Waals surface area contributed by atoms with Gasteiger partial charge < -0.3 is 22.1 Å². The number of rotatable bonds is 5. The lowest BCUT2D eigenvalue weighted by Crippen LogP contribution is -2.43. The third kappa shape index (κ3) is 4.08. The van der Waals surface area contributed by atoms with Crippen molar-refractivity contribution in [3.05, 3.63) is 41.5 Å². The van der Waals surface area contributed by atoms with Gasteiger partial charge in [-0.25, -0.2) is 9.37 Å². The number of hydrogen-bond donors (Lipinski definition) is 4. The quantitative estimate of drug-likeness (QED) is 0.652. The van der Waals surface area contributed by atoms with Crippen molar-refractivity contribution in [3.8, 4) is 0 Å². The van der Waals surface area contributed by atoms with Crippen LogP contribution in [0.3, 0.4) is 0 Å². The molecule has 1 aliphatic carbocycles. The zero-order chi connectivity index (χ0) is 18.7. The highest BCUT2D eigenvalue weighted by atomic mass is 19.1. The minimum absolute atomic E-state index is 0.0263. The summed E-state index contributed by atoms with van der Waals surface area (Å²) in [6.45, 7) is 1.87. The summed E-state index contributed by atoms with van der Waals surface area (Å²) in [5.41, 5.74) is 12.9. The van der Waals surface area contributed by atoms with E-state index in [9.17, 15) is 9.18 Å². The normalized spacial score (nSPS) is 19.8. The molecule has 2 heterocycles. The Balaban J connectivity index is 1.90. The number of aryl methyl sites for hydroxylation is 1. The number of nitrogens with one attached hydrogen (secondary N) is 2.